The Balaban J connectivity index is 1.73. The minimum atomic E-state index is -0.181. The molecule has 2 aliphatic rings. The molecule has 0 aromatic carbocycles. The molecule has 0 radical (unpaired) electrons. The molecule has 2 rings (SSSR count). The van der Waals surface area contributed by atoms with Gasteiger partial charge in [-0.1, -0.05) is 0 Å². The standard InChI is InChI=1S/C14H27N3O2/c1-18-14(19-2)17-10-3-4-12(7-11-17)5-6-13-15-8-9-16-13/h12,14H,3-11H2,1-2H3,(H,15,16). The van der Waals surface area contributed by atoms with Gasteiger partial charge in [-0.05, 0) is 31.6 Å². The number of ether oxygens (including phenoxy) is 2. The second kappa shape index (κ2) is 7.82. The Morgan fingerprint density at radius 3 is 2.84 bits per heavy atom. The highest BCUT2D eigenvalue weighted by molar-refractivity contribution is 5.83. The van der Waals surface area contributed by atoms with Gasteiger partial charge in [-0.2, -0.15) is 0 Å². The molecule has 1 unspecified atom stereocenters. The van der Waals surface area contributed by atoms with Gasteiger partial charge in [0.2, 0.25) is 6.41 Å². The molecule has 2 aliphatic heterocycles. The van der Waals surface area contributed by atoms with Crippen molar-refractivity contribution in [3.63, 3.8) is 0 Å². The van der Waals surface area contributed by atoms with Crippen LogP contribution in [0.25, 0.3) is 0 Å². The maximum Gasteiger partial charge on any atom is 0.218 e. The van der Waals surface area contributed by atoms with Crippen molar-refractivity contribution in [3.8, 4) is 0 Å². The molecule has 1 fully saturated rings. The first-order valence-corrected chi connectivity index (χ1v) is 7.40. The van der Waals surface area contributed by atoms with Crippen LogP contribution in [-0.2, 0) is 9.47 Å². The SMILES string of the molecule is COC(OC)N1CCCC(CCC2=NCCN2)CC1. The van der Waals surface area contributed by atoms with E-state index in [4.69, 9.17) is 9.47 Å². The van der Waals surface area contributed by atoms with Crippen LogP contribution >= 0.6 is 0 Å². The van der Waals surface area contributed by atoms with Crippen LogP contribution in [0.5, 0.6) is 0 Å². The summed E-state index contributed by atoms with van der Waals surface area (Å²) < 4.78 is 10.7. The highest BCUT2D eigenvalue weighted by Gasteiger charge is 2.23. The summed E-state index contributed by atoms with van der Waals surface area (Å²) in [4.78, 5) is 6.77. The largest absolute Gasteiger partial charge is 0.372 e. The Labute approximate surface area is 116 Å². The van der Waals surface area contributed by atoms with Crippen molar-refractivity contribution in [1.82, 2.24) is 10.2 Å². The van der Waals surface area contributed by atoms with E-state index in [-0.39, 0.29) is 6.41 Å². The topological polar surface area (TPSA) is 46.1 Å². The first-order chi connectivity index (χ1) is 9.33. The van der Waals surface area contributed by atoms with Gasteiger partial charge >= 0.3 is 0 Å². The molecule has 1 atom stereocenters. The smallest absolute Gasteiger partial charge is 0.218 e. The summed E-state index contributed by atoms with van der Waals surface area (Å²) >= 11 is 0. The van der Waals surface area contributed by atoms with E-state index in [9.17, 15) is 0 Å². The summed E-state index contributed by atoms with van der Waals surface area (Å²) in [7, 11) is 3.42. The second-order valence-electron chi connectivity index (χ2n) is 5.41. The number of nitrogens with zero attached hydrogens (tertiary/aromatic N) is 2. The number of likely N-dealkylation sites (tertiary alicyclic amines) is 1. The Bertz CT molecular complexity index is 292. The lowest BCUT2D eigenvalue weighted by atomic mass is 9.95. The molecule has 5 nitrogen and oxygen atoms in total. The van der Waals surface area contributed by atoms with Crippen LogP contribution in [0.4, 0.5) is 0 Å². The molecule has 1 N–H and O–H groups in total. The van der Waals surface area contributed by atoms with Gasteiger partial charge < -0.3 is 14.8 Å². The third-order valence-corrected chi connectivity index (χ3v) is 4.12. The van der Waals surface area contributed by atoms with Crippen molar-refractivity contribution in [1.29, 1.82) is 0 Å². The molecule has 0 bridgehead atoms. The summed E-state index contributed by atoms with van der Waals surface area (Å²) in [5.41, 5.74) is 0. The minimum absolute atomic E-state index is 0.181. The van der Waals surface area contributed by atoms with Crippen molar-refractivity contribution in [3.05, 3.63) is 0 Å². The van der Waals surface area contributed by atoms with Gasteiger partial charge in [-0.25, -0.2) is 0 Å². The van der Waals surface area contributed by atoms with Crippen molar-refractivity contribution in [2.45, 2.75) is 38.5 Å². The molecule has 0 aromatic heterocycles. The van der Waals surface area contributed by atoms with Gasteiger partial charge in [-0.3, -0.25) is 9.89 Å². The van der Waals surface area contributed by atoms with Crippen LogP contribution < -0.4 is 5.32 Å². The molecule has 0 aliphatic carbocycles. The average Bonchev–Trinajstić information content (AvgIpc) is 2.84. The Kier molecular flexibility index (Phi) is 6.07. The fraction of sp³-hybridized carbons (Fsp3) is 0.929. The Morgan fingerprint density at radius 2 is 2.16 bits per heavy atom. The van der Waals surface area contributed by atoms with Gasteiger partial charge in [0.25, 0.3) is 0 Å². The zero-order valence-electron chi connectivity index (χ0n) is 12.2. The van der Waals surface area contributed by atoms with Crippen LogP contribution in [0.15, 0.2) is 4.99 Å². The van der Waals surface area contributed by atoms with Crippen LogP contribution in [0, 0.1) is 5.92 Å². The highest BCUT2D eigenvalue weighted by atomic mass is 16.7. The van der Waals surface area contributed by atoms with E-state index < -0.39 is 0 Å². The fourth-order valence-corrected chi connectivity index (χ4v) is 3.04. The monoisotopic (exact) mass is 269 g/mol. The van der Waals surface area contributed by atoms with Gasteiger partial charge in [0.05, 0.1) is 12.4 Å². The van der Waals surface area contributed by atoms with Gasteiger partial charge in [0.15, 0.2) is 0 Å². The molecule has 110 valence electrons. The number of aliphatic imine (C=N–C) groups is 1. The van der Waals surface area contributed by atoms with Crippen molar-refractivity contribution in [2.24, 2.45) is 10.9 Å². The molecule has 0 aromatic rings. The third kappa shape index (κ3) is 4.44. The predicted octanol–water partition coefficient (Wildman–Crippen LogP) is 1.45. The third-order valence-electron chi connectivity index (χ3n) is 4.12. The van der Waals surface area contributed by atoms with Gasteiger partial charge in [-0.15, -0.1) is 0 Å². The molecular weight excluding hydrogens is 242 g/mol. The second-order valence-corrected chi connectivity index (χ2v) is 5.41. The molecule has 0 saturated carbocycles. The van der Waals surface area contributed by atoms with E-state index in [2.05, 4.69) is 15.2 Å². The molecule has 0 amide bonds. The van der Waals surface area contributed by atoms with E-state index in [0.29, 0.717) is 0 Å². The summed E-state index contributed by atoms with van der Waals surface area (Å²) in [6, 6.07) is 0. The maximum atomic E-state index is 5.35. The number of rotatable bonds is 6. The van der Waals surface area contributed by atoms with Crippen LogP contribution in [0.1, 0.15) is 32.1 Å². The summed E-state index contributed by atoms with van der Waals surface area (Å²) in [5, 5.41) is 3.36. The van der Waals surface area contributed by atoms with E-state index >= 15 is 0 Å². The normalized spacial score (nSPS) is 25.2. The molecule has 2 heterocycles. The number of nitrogens with one attached hydrogen (secondary N) is 1. The van der Waals surface area contributed by atoms with Crippen molar-refractivity contribution >= 4 is 5.84 Å². The number of hydrogen-bond donors (Lipinski definition) is 1. The fourth-order valence-electron chi connectivity index (χ4n) is 3.04. The zero-order valence-corrected chi connectivity index (χ0v) is 12.2. The molecule has 0 spiro atoms. The quantitative estimate of drug-likeness (QED) is 0.741. The lowest BCUT2D eigenvalue weighted by Gasteiger charge is -2.27. The van der Waals surface area contributed by atoms with Gasteiger partial charge in [0, 0.05) is 40.3 Å². The maximum absolute atomic E-state index is 5.35. The Morgan fingerprint density at radius 1 is 1.32 bits per heavy atom. The average molecular weight is 269 g/mol. The first-order valence-electron chi connectivity index (χ1n) is 7.40. The van der Waals surface area contributed by atoms with Crippen LogP contribution in [0.2, 0.25) is 0 Å². The van der Waals surface area contributed by atoms with Crippen LogP contribution in [0.3, 0.4) is 0 Å². The van der Waals surface area contributed by atoms with Gasteiger partial charge in [0.1, 0.15) is 0 Å². The minimum Gasteiger partial charge on any atom is -0.372 e. The first kappa shape index (κ1) is 14.8. The lowest BCUT2D eigenvalue weighted by molar-refractivity contribution is -0.195. The lowest BCUT2D eigenvalue weighted by Crippen LogP contribution is -2.38. The molecule has 19 heavy (non-hydrogen) atoms. The van der Waals surface area contributed by atoms with Crippen molar-refractivity contribution < 1.29 is 9.47 Å². The number of amidine groups is 1. The zero-order chi connectivity index (χ0) is 13.5. The molecule has 5 heteroatoms. The number of methoxy groups -OCH3 is 2. The number of hydrogen-bond acceptors (Lipinski definition) is 5. The van der Waals surface area contributed by atoms with E-state index in [1.165, 1.54) is 31.5 Å². The van der Waals surface area contributed by atoms with E-state index in [1.54, 1.807) is 14.2 Å². The summed E-state index contributed by atoms with van der Waals surface area (Å²) in [6.07, 6.45) is 5.96. The molecule has 1 saturated heterocycles. The summed E-state index contributed by atoms with van der Waals surface area (Å²) in [5.74, 6) is 2.03. The summed E-state index contributed by atoms with van der Waals surface area (Å²) in [6.45, 7) is 4.12. The van der Waals surface area contributed by atoms with Crippen molar-refractivity contribution in [2.75, 3.05) is 40.4 Å². The van der Waals surface area contributed by atoms with E-state index in [1.807, 2.05) is 0 Å². The predicted molar refractivity (Wildman–Crippen MR) is 76.3 cm³/mol. The van der Waals surface area contributed by atoms with E-state index in [0.717, 1.165) is 38.5 Å². The highest BCUT2D eigenvalue weighted by Crippen LogP contribution is 2.23. The van der Waals surface area contributed by atoms with Crippen LogP contribution in [-0.4, -0.2) is 57.5 Å². The Hall–Kier alpha value is -0.650. The molecular formula is C14H27N3O2.